The van der Waals surface area contributed by atoms with Crippen molar-refractivity contribution in [2.75, 3.05) is 10.0 Å². The van der Waals surface area contributed by atoms with Crippen molar-refractivity contribution in [1.82, 2.24) is 4.98 Å². The van der Waals surface area contributed by atoms with Gasteiger partial charge in [-0.3, -0.25) is 14.5 Å². The average molecular weight is 432 g/mol. The number of pyridine rings is 1. The highest BCUT2D eigenvalue weighted by Crippen LogP contribution is 2.24. The summed E-state index contributed by atoms with van der Waals surface area (Å²) >= 11 is 0. The molecule has 0 atom stereocenters. The molecule has 0 aliphatic rings. The Bertz CT molecular complexity index is 1390. The van der Waals surface area contributed by atoms with Gasteiger partial charge in [-0.1, -0.05) is 36.4 Å². The van der Waals surface area contributed by atoms with Gasteiger partial charge in [-0.25, -0.2) is 8.42 Å². The summed E-state index contributed by atoms with van der Waals surface area (Å²) in [5.41, 5.74) is 3.58. The van der Waals surface area contributed by atoms with E-state index in [1.54, 1.807) is 49.5 Å². The van der Waals surface area contributed by atoms with E-state index in [0.717, 1.165) is 10.9 Å². The lowest BCUT2D eigenvalue weighted by atomic mass is 10.1. The zero-order chi connectivity index (χ0) is 22.0. The average Bonchev–Trinajstić information content (AvgIpc) is 2.74. The van der Waals surface area contributed by atoms with Gasteiger partial charge < -0.3 is 5.32 Å². The fraction of sp³-hybridized carbons (Fsp3) is 0.0833. The number of hydrogen-bond donors (Lipinski definition) is 2. The Kier molecular flexibility index (Phi) is 5.44. The topological polar surface area (TPSA) is 88.2 Å². The number of fused-ring (bicyclic) bond motifs is 1. The molecule has 3 aromatic carbocycles. The van der Waals surface area contributed by atoms with Crippen LogP contribution in [0.25, 0.3) is 10.9 Å². The second-order valence-electron chi connectivity index (χ2n) is 7.29. The van der Waals surface area contributed by atoms with Gasteiger partial charge in [0.2, 0.25) is 0 Å². The van der Waals surface area contributed by atoms with Crippen LogP contribution in [0.5, 0.6) is 0 Å². The van der Waals surface area contributed by atoms with Crippen molar-refractivity contribution in [2.24, 2.45) is 0 Å². The standard InChI is InChI=1S/C24H21N3O3S/c1-16-6-5-7-19(14-16)27-31(29,30)23-15-18(11-10-17(23)2)26-24(28)21-12-13-25-22-9-4-3-8-20(21)22/h3-15,27H,1-2H3,(H,26,28). The number of aromatic nitrogens is 1. The predicted octanol–water partition coefficient (Wildman–Crippen LogP) is 4.90. The molecule has 7 heteroatoms. The summed E-state index contributed by atoms with van der Waals surface area (Å²) in [6.45, 7) is 3.61. The summed E-state index contributed by atoms with van der Waals surface area (Å²) in [4.78, 5) is 17.3. The van der Waals surface area contributed by atoms with Gasteiger partial charge in [0.1, 0.15) is 0 Å². The zero-order valence-corrected chi connectivity index (χ0v) is 17.9. The van der Waals surface area contributed by atoms with Crippen LogP contribution < -0.4 is 10.0 Å². The number of para-hydroxylation sites is 1. The molecule has 1 amide bonds. The number of benzene rings is 3. The fourth-order valence-corrected chi connectivity index (χ4v) is 4.70. The number of nitrogens with zero attached hydrogens (tertiary/aromatic N) is 1. The van der Waals surface area contributed by atoms with E-state index in [1.165, 1.54) is 6.07 Å². The van der Waals surface area contributed by atoms with Crippen LogP contribution in [0.1, 0.15) is 21.5 Å². The Morgan fingerprint density at radius 2 is 1.68 bits per heavy atom. The molecule has 0 unspecified atom stereocenters. The van der Waals surface area contributed by atoms with Crippen LogP contribution >= 0.6 is 0 Å². The number of sulfonamides is 1. The van der Waals surface area contributed by atoms with Crippen molar-refractivity contribution in [1.29, 1.82) is 0 Å². The van der Waals surface area contributed by atoms with Gasteiger partial charge in [0.25, 0.3) is 15.9 Å². The van der Waals surface area contributed by atoms with Crippen LogP contribution in [-0.4, -0.2) is 19.3 Å². The molecule has 31 heavy (non-hydrogen) atoms. The SMILES string of the molecule is Cc1cccc(NS(=O)(=O)c2cc(NC(=O)c3ccnc4ccccc34)ccc2C)c1. The van der Waals surface area contributed by atoms with Crippen LogP contribution in [0.15, 0.2) is 83.9 Å². The molecule has 2 N–H and O–H groups in total. The molecule has 0 aliphatic heterocycles. The first-order valence-electron chi connectivity index (χ1n) is 9.69. The number of nitrogens with one attached hydrogen (secondary N) is 2. The van der Waals surface area contributed by atoms with Gasteiger partial charge in [0.15, 0.2) is 0 Å². The highest BCUT2D eigenvalue weighted by Gasteiger charge is 2.19. The summed E-state index contributed by atoms with van der Waals surface area (Å²) < 4.78 is 28.6. The normalized spacial score (nSPS) is 11.3. The lowest BCUT2D eigenvalue weighted by molar-refractivity contribution is 0.102. The molecule has 4 rings (SSSR count). The summed E-state index contributed by atoms with van der Waals surface area (Å²) in [6.07, 6.45) is 1.58. The van der Waals surface area contributed by atoms with Crippen LogP contribution in [0.4, 0.5) is 11.4 Å². The second kappa shape index (κ2) is 8.20. The van der Waals surface area contributed by atoms with Crippen LogP contribution in [0, 0.1) is 13.8 Å². The van der Waals surface area contributed by atoms with Gasteiger partial charge in [0, 0.05) is 23.0 Å². The quantitative estimate of drug-likeness (QED) is 0.470. The van der Waals surface area contributed by atoms with E-state index in [0.29, 0.717) is 28.0 Å². The maximum absolute atomic E-state index is 13.0. The Balaban J connectivity index is 1.64. The zero-order valence-electron chi connectivity index (χ0n) is 17.1. The molecule has 0 saturated carbocycles. The fourth-order valence-electron chi connectivity index (χ4n) is 3.38. The molecule has 6 nitrogen and oxygen atoms in total. The van der Waals surface area contributed by atoms with E-state index in [4.69, 9.17) is 0 Å². The van der Waals surface area contributed by atoms with Gasteiger partial charge >= 0.3 is 0 Å². The number of aryl methyl sites for hydroxylation is 2. The lowest BCUT2D eigenvalue weighted by Crippen LogP contribution is -2.16. The maximum atomic E-state index is 13.0. The van der Waals surface area contributed by atoms with Crippen molar-refractivity contribution < 1.29 is 13.2 Å². The van der Waals surface area contributed by atoms with E-state index in [-0.39, 0.29) is 10.8 Å². The largest absolute Gasteiger partial charge is 0.322 e. The maximum Gasteiger partial charge on any atom is 0.262 e. The molecule has 0 aliphatic carbocycles. The smallest absolute Gasteiger partial charge is 0.262 e. The van der Waals surface area contributed by atoms with E-state index in [2.05, 4.69) is 15.0 Å². The summed E-state index contributed by atoms with van der Waals surface area (Å²) in [6, 6.07) is 21.0. The molecular weight excluding hydrogens is 410 g/mol. The number of carbonyl (C=O) groups excluding carboxylic acids is 1. The van der Waals surface area contributed by atoms with Crippen LogP contribution in [0.3, 0.4) is 0 Å². The van der Waals surface area contributed by atoms with Crippen molar-refractivity contribution in [2.45, 2.75) is 18.7 Å². The summed E-state index contributed by atoms with van der Waals surface area (Å²) in [5, 5.41) is 3.53. The third-order valence-electron chi connectivity index (χ3n) is 4.90. The number of hydrogen-bond acceptors (Lipinski definition) is 4. The molecule has 4 aromatic rings. The lowest BCUT2D eigenvalue weighted by Gasteiger charge is -2.13. The third kappa shape index (κ3) is 4.41. The van der Waals surface area contributed by atoms with E-state index in [1.807, 2.05) is 37.3 Å². The number of amides is 1. The van der Waals surface area contributed by atoms with Crippen molar-refractivity contribution in [3.8, 4) is 0 Å². The monoisotopic (exact) mass is 431 g/mol. The molecule has 1 heterocycles. The molecule has 0 fully saturated rings. The molecule has 0 spiro atoms. The highest BCUT2D eigenvalue weighted by molar-refractivity contribution is 7.92. The molecule has 0 radical (unpaired) electrons. The summed E-state index contributed by atoms with van der Waals surface area (Å²) in [5.74, 6) is -0.336. The van der Waals surface area contributed by atoms with Crippen molar-refractivity contribution in [3.05, 3.63) is 95.7 Å². The Labute approximate surface area is 181 Å². The Morgan fingerprint density at radius 1 is 0.871 bits per heavy atom. The first kappa shape index (κ1) is 20.6. The second-order valence-corrected chi connectivity index (χ2v) is 8.94. The molecule has 1 aromatic heterocycles. The van der Waals surface area contributed by atoms with Gasteiger partial charge in [-0.15, -0.1) is 0 Å². The minimum absolute atomic E-state index is 0.103. The van der Waals surface area contributed by atoms with Crippen molar-refractivity contribution >= 4 is 38.2 Å². The number of anilines is 2. The number of rotatable bonds is 5. The molecule has 0 bridgehead atoms. The van der Waals surface area contributed by atoms with Crippen molar-refractivity contribution in [3.63, 3.8) is 0 Å². The van der Waals surface area contributed by atoms with E-state index >= 15 is 0 Å². The highest BCUT2D eigenvalue weighted by atomic mass is 32.2. The third-order valence-corrected chi connectivity index (χ3v) is 6.42. The minimum Gasteiger partial charge on any atom is -0.322 e. The molecule has 156 valence electrons. The predicted molar refractivity (Wildman–Crippen MR) is 123 cm³/mol. The van der Waals surface area contributed by atoms with E-state index in [9.17, 15) is 13.2 Å². The van der Waals surface area contributed by atoms with Gasteiger partial charge in [-0.05, 0) is 61.4 Å². The van der Waals surface area contributed by atoms with Crippen LogP contribution in [-0.2, 0) is 10.0 Å². The first-order chi connectivity index (χ1) is 14.8. The minimum atomic E-state index is -3.83. The number of carbonyl (C=O) groups is 1. The first-order valence-corrected chi connectivity index (χ1v) is 11.2. The van der Waals surface area contributed by atoms with Gasteiger partial charge in [0.05, 0.1) is 16.0 Å². The van der Waals surface area contributed by atoms with Gasteiger partial charge in [-0.2, -0.15) is 0 Å². The molecule has 0 saturated heterocycles. The Hall–Kier alpha value is -3.71. The molecular formula is C24H21N3O3S. The van der Waals surface area contributed by atoms with Crippen LogP contribution in [0.2, 0.25) is 0 Å². The van der Waals surface area contributed by atoms with E-state index < -0.39 is 10.0 Å². The summed E-state index contributed by atoms with van der Waals surface area (Å²) in [7, 11) is -3.83. The Morgan fingerprint density at radius 3 is 2.48 bits per heavy atom.